The van der Waals surface area contributed by atoms with Crippen LogP contribution in [0.3, 0.4) is 0 Å². The SMILES string of the molecule is O=C1NC(=O)C2(Oc3[nH]c(=O)[nH]c(=O)c3C23C(=O)Nc2ccccc23)C(=O)N1. The van der Waals surface area contributed by atoms with Gasteiger partial charge < -0.3 is 10.1 Å². The minimum absolute atomic E-state index is 0.107. The zero-order chi connectivity index (χ0) is 19.8. The van der Waals surface area contributed by atoms with Gasteiger partial charge in [-0.3, -0.25) is 39.8 Å². The molecule has 5 N–H and O–H groups in total. The number of fused-ring (bicyclic) bond motifs is 5. The second-order valence-corrected chi connectivity index (χ2v) is 6.38. The fraction of sp³-hybridized carbons (Fsp3) is 0.125. The highest BCUT2D eigenvalue weighted by molar-refractivity contribution is 6.29. The van der Waals surface area contributed by atoms with Crippen molar-refractivity contribution in [2.75, 3.05) is 5.32 Å². The summed E-state index contributed by atoms with van der Waals surface area (Å²) in [7, 11) is 0. The molecule has 1 aromatic heterocycles. The number of urea groups is 1. The number of carbonyl (C=O) groups is 4. The summed E-state index contributed by atoms with van der Waals surface area (Å²) in [5.74, 6) is -3.90. The van der Waals surface area contributed by atoms with E-state index in [0.29, 0.717) is 0 Å². The number of aromatic nitrogens is 2. The molecule has 1 unspecified atom stereocenters. The summed E-state index contributed by atoms with van der Waals surface area (Å²) in [6.07, 6.45) is 0. The van der Waals surface area contributed by atoms with Gasteiger partial charge in [0.25, 0.3) is 23.0 Å². The molecule has 1 aromatic carbocycles. The minimum atomic E-state index is -2.67. The first-order valence-corrected chi connectivity index (χ1v) is 7.96. The van der Waals surface area contributed by atoms with Gasteiger partial charge in [0.15, 0.2) is 5.41 Å². The summed E-state index contributed by atoms with van der Waals surface area (Å²) < 4.78 is 5.52. The van der Waals surface area contributed by atoms with Crippen LogP contribution in [0.25, 0.3) is 0 Å². The molecule has 4 heterocycles. The number of rotatable bonds is 0. The average Bonchev–Trinajstić information content (AvgIpc) is 3.08. The summed E-state index contributed by atoms with van der Waals surface area (Å²) in [6.45, 7) is 0. The van der Waals surface area contributed by atoms with E-state index < -0.39 is 57.5 Å². The number of hydrogen-bond donors (Lipinski definition) is 5. The van der Waals surface area contributed by atoms with Crippen LogP contribution in [0.2, 0.25) is 0 Å². The first-order chi connectivity index (χ1) is 13.3. The first kappa shape index (κ1) is 16.0. The number of imide groups is 2. The van der Waals surface area contributed by atoms with Crippen LogP contribution < -0.4 is 31.9 Å². The van der Waals surface area contributed by atoms with Gasteiger partial charge in [-0.15, -0.1) is 0 Å². The van der Waals surface area contributed by atoms with Crippen LogP contribution in [0, 0.1) is 0 Å². The maximum Gasteiger partial charge on any atom is 0.328 e. The zero-order valence-corrected chi connectivity index (χ0v) is 13.7. The third kappa shape index (κ3) is 1.52. The maximum absolute atomic E-state index is 13.2. The number of aromatic amines is 2. The molecule has 140 valence electrons. The van der Waals surface area contributed by atoms with E-state index in [0.717, 1.165) is 0 Å². The van der Waals surface area contributed by atoms with Gasteiger partial charge in [-0.05, 0) is 6.07 Å². The Hall–Kier alpha value is -4.22. The normalized spacial score (nSPS) is 23.7. The van der Waals surface area contributed by atoms with Crippen LogP contribution in [0.15, 0.2) is 33.9 Å². The lowest BCUT2D eigenvalue weighted by Gasteiger charge is -2.38. The number of nitrogens with one attached hydrogen (secondary N) is 5. The molecule has 2 spiro atoms. The Kier molecular flexibility index (Phi) is 2.70. The molecule has 12 nitrogen and oxygen atoms in total. The number of hydrogen-bond acceptors (Lipinski definition) is 7. The van der Waals surface area contributed by atoms with Crippen LogP contribution in [-0.2, 0) is 19.8 Å². The van der Waals surface area contributed by atoms with Gasteiger partial charge in [0, 0.05) is 11.3 Å². The predicted octanol–water partition coefficient (Wildman–Crippen LogP) is -2.20. The summed E-state index contributed by atoms with van der Waals surface area (Å²) in [5, 5.41) is 6.32. The molecule has 12 heteroatoms. The Morgan fingerprint density at radius 3 is 2.18 bits per heavy atom. The Bertz CT molecular complexity index is 1240. The molecule has 0 radical (unpaired) electrons. The van der Waals surface area contributed by atoms with Crippen molar-refractivity contribution in [2.24, 2.45) is 0 Å². The van der Waals surface area contributed by atoms with Crippen molar-refractivity contribution in [2.45, 2.75) is 11.0 Å². The number of benzene rings is 1. The van der Waals surface area contributed by atoms with Gasteiger partial charge in [-0.2, -0.15) is 0 Å². The maximum atomic E-state index is 13.2. The van der Waals surface area contributed by atoms with Crippen molar-refractivity contribution in [1.82, 2.24) is 20.6 Å². The monoisotopic (exact) mass is 383 g/mol. The van der Waals surface area contributed by atoms with Crippen LogP contribution in [-0.4, -0.2) is 39.3 Å². The number of para-hydroxylation sites is 1. The molecule has 1 atom stereocenters. The van der Waals surface area contributed by atoms with Gasteiger partial charge >= 0.3 is 11.7 Å². The molecular weight excluding hydrogens is 374 g/mol. The van der Waals surface area contributed by atoms with Crippen molar-refractivity contribution in [3.05, 3.63) is 56.2 Å². The minimum Gasteiger partial charge on any atom is -0.450 e. The lowest BCUT2D eigenvalue weighted by Crippen LogP contribution is -2.76. The molecule has 3 aliphatic rings. The lowest BCUT2D eigenvalue weighted by atomic mass is 9.64. The van der Waals surface area contributed by atoms with Crippen molar-refractivity contribution in [3.8, 4) is 5.88 Å². The van der Waals surface area contributed by atoms with E-state index in [9.17, 15) is 28.8 Å². The summed E-state index contributed by atoms with van der Waals surface area (Å²) in [5.41, 5.74) is -6.99. The van der Waals surface area contributed by atoms with E-state index >= 15 is 0 Å². The van der Waals surface area contributed by atoms with Gasteiger partial charge in [-0.1, -0.05) is 18.2 Å². The van der Waals surface area contributed by atoms with Crippen LogP contribution in [0.4, 0.5) is 10.5 Å². The highest BCUT2D eigenvalue weighted by atomic mass is 16.5. The molecule has 1 saturated heterocycles. The van der Waals surface area contributed by atoms with Crippen molar-refractivity contribution >= 4 is 29.4 Å². The van der Waals surface area contributed by atoms with Gasteiger partial charge in [0.2, 0.25) is 11.8 Å². The highest BCUT2D eigenvalue weighted by Gasteiger charge is 2.78. The van der Waals surface area contributed by atoms with E-state index in [1.54, 1.807) is 6.07 Å². The third-order valence-corrected chi connectivity index (χ3v) is 5.08. The quantitative estimate of drug-likeness (QED) is 0.320. The summed E-state index contributed by atoms with van der Waals surface area (Å²) >= 11 is 0. The predicted molar refractivity (Wildman–Crippen MR) is 88.6 cm³/mol. The molecule has 0 bridgehead atoms. The first-order valence-electron chi connectivity index (χ1n) is 7.96. The number of ether oxygens (including phenoxy) is 1. The Morgan fingerprint density at radius 2 is 1.46 bits per heavy atom. The van der Waals surface area contributed by atoms with Gasteiger partial charge in [0.1, 0.15) is 5.56 Å². The number of H-pyrrole nitrogens is 2. The molecule has 0 aliphatic carbocycles. The second-order valence-electron chi connectivity index (χ2n) is 6.38. The molecule has 2 aromatic rings. The van der Waals surface area contributed by atoms with E-state index in [4.69, 9.17) is 4.74 Å². The topological polar surface area (TPSA) is 179 Å². The molecular formula is C16H9N5O7. The Labute approximate surface area is 153 Å². The standard InChI is InChI=1S/C16H9N5O7/c22-8-7-9(19-13(26)18-8)28-16(11(24)20-14(27)21-12(16)25)15(7)5-3-1-2-4-6(5)17-10(15)23/h1-4H,(H,17,23)(H2,18,19,22,26)(H2,20,21,24,25,27). The fourth-order valence-electron chi connectivity index (χ4n) is 4.09. The fourth-order valence-corrected chi connectivity index (χ4v) is 4.09. The number of carbonyl (C=O) groups excluding carboxylic acids is 4. The van der Waals surface area contributed by atoms with Crippen molar-refractivity contribution in [1.29, 1.82) is 0 Å². The molecule has 5 rings (SSSR count). The van der Waals surface area contributed by atoms with E-state index in [1.807, 2.05) is 15.6 Å². The number of amides is 5. The highest BCUT2D eigenvalue weighted by Crippen LogP contribution is 2.56. The molecule has 28 heavy (non-hydrogen) atoms. The molecule has 1 fully saturated rings. The summed E-state index contributed by atoms with van der Waals surface area (Å²) in [4.78, 5) is 79.2. The van der Waals surface area contributed by atoms with Gasteiger partial charge in [-0.25, -0.2) is 9.59 Å². The molecule has 0 saturated carbocycles. The van der Waals surface area contributed by atoms with Crippen LogP contribution in [0.1, 0.15) is 11.1 Å². The smallest absolute Gasteiger partial charge is 0.328 e. The van der Waals surface area contributed by atoms with Crippen LogP contribution >= 0.6 is 0 Å². The lowest BCUT2D eigenvalue weighted by molar-refractivity contribution is -0.157. The number of anilines is 1. The average molecular weight is 383 g/mol. The zero-order valence-electron chi connectivity index (χ0n) is 13.7. The Balaban J connectivity index is 1.98. The second kappa shape index (κ2) is 4.73. The molecule has 3 aliphatic heterocycles. The van der Waals surface area contributed by atoms with Crippen LogP contribution in [0.5, 0.6) is 5.88 Å². The van der Waals surface area contributed by atoms with E-state index in [2.05, 4.69) is 10.3 Å². The summed E-state index contributed by atoms with van der Waals surface area (Å²) in [6, 6.07) is 4.98. The largest absolute Gasteiger partial charge is 0.450 e. The Morgan fingerprint density at radius 1 is 0.786 bits per heavy atom. The molecule has 5 amide bonds. The van der Waals surface area contributed by atoms with E-state index in [1.165, 1.54) is 18.2 Å². The number of barbiturate groups is 1. The van der Waals surface area contributed by atoms with Gasteiger partial charge in [0.05, 0.1) is 0 Å². The van der Waals surface area contributed by atoms with Crippen molar-refractivity contribution < 1.29 is 23.9 Å². The van der Waals surface area contributed by atoms with E-state index in [-0.39, 0.29) is 11.3 Å². The third-order valence-electron chi connectivity index (χ3n) is 5.08. The van der Waals surface area contributed by atoms with Crippen molar-refractivity contribution in [3.63, 3.8) is 0 Å².